The lowest BCUT2D eigenvalue weighted by molar-refractivity contribution is -0.134. The lowest BCUT2D eigenvalue weighted by Gasteiger charge is -2.36. The van der Waals surface area contributed by atoms with Crippen LogP contribution >= 0.6 is 22.9 Å². The first-order valence-corrected chi connectivity index (χ1v) is 12.3. The second kappa shape index (κ2) is 9.48. The van der Waals surface area contributed by atoms with Crippen molar-refractivity contribution in [3.05, 3.63) is 75.6 Å². The maximum absolute atomic E-state index is 13.5. The van der Waals surface area contributed by atoms with Crippen molar-refractivity contribution >= 4 is 34.5 Å². The van der Waals surface area contributed by atoms with E-state index in [1.54, 1.807) is 24.3 Å². The highest BCUT2D eigenvalue weighted by Crippen LogP contribution is 2.36. The number of halogens is 1. The van der Waals surface area contributed by atoms with Crippen LogP contribution in [-0.4, -0.2) is 21.6 Å². The number of thiophene rings is 1. The van der Waals surface area contributed by atoms with Crippen molar-refractivity contribution in [2.24, 2.45) is 0 Å². The Labute approximate surface area is 204 Å². The summed E-state index contributed by atoms with van der Waals surface area (Å²) in [6, 6.07) is 16.7. The molecule has 0 atom stereocenters. The molecule has 34 heavy (non-hydrogen) atoms. The Balaban J connectivity index is 1.36. The first-order chi connectivity index (χ1) is 16.5. The number of carbonyl (C=O) groups excluding carboxylic acids is 1. The van der Waals surface area contributed by atoms with Gasteiger partial charge in [0.2, 0.25) is 0 Å². The zero-order valence-corrected chi connectivity index (χ0v) is 19.7. The summed E-state index contributed by atoms with van der Waals surface area (Å²) in [5.74, 6) is 0.286. The van der Waals surface area contributed by atoms with Gasteiger partial charge in [0.15, 0.2) is 11.4 Å². The minimum absolute atomic E-state index is 0.148. The van der Waals surface area contributed by atoms with Gasteiger partial charge in [-0.15, -0.1) is 11.3 Å². The molecule has 1 saturated carbocycles. The van der Waals surface area contributed by atoms with E-state index in [1.807, 2.05) is 35.7 Å². The molecule has 0 bridgehead atoms. The standard InChI is InChI=1S/C25H22ClN3O4S/c26-18-7-9-20(10-8-18)32-25(11-2-1-3-12-25)23(30)27-19-6-4-5-16(13-19)17-14-21(34-15-17)22-28-24(31)33-29-22/h4-10,13-15H,1-3,11-12H2,(H,27,30)(H,28,29,31). The minimum atomic E-state index is -0.920. The molecule has 1 aliphatic carbocycles. The molecular weight excluding hydrogens is 474 g/mol. The van der Waals surface area contributed by atoms with Gasteiger partial charge in [0.1, 0.15) is 5.75 Å². The number of nitrogens with zero attached hydrogens (tertiary/aromatic N) is 1. The molecule has 0 saturated heterocycles. The van der Waals surface area contributed by atoms with Crippen molar-refractivity contribution in [1.82, 2.24) is 10.1 Å². The normalized spacial score (nSPS) is 15.1. The molecule has 0 aliphatic heterocycles. The summed E-state index contributed by atoms with van der Waals surface area (Å²) in [6.07, 6.45) is 4.27. The third kappa shape index (κ3) is 4.78. The molecule has 174 valence electrons. The fraction of sp³-hybridized carbons (Fsp3) is 0.240. The highest BCUT2D eigenvalue weighted by Gasteiger charge is 2.42. The Morgan fingerprint density at radius 2 is 1.88 bits per heavy atom. The van der Waals surface area contributed by atoms with Gasteiger partial charge in [0.25, 0.3) is 5.91 Å². The van der Waals surface area contributed by atoms with Gasteiger partial charge in [-0.25, -0.2) is 4.79 Å². The monoisotopic (exact) mass is 495 g/mol. The first-order valence-electron chi connectivity index (χ1n) is 11.0. The van der Waals surface area contributed by atoms with E-state index in [0.29, 0.717) is 35.1 Å². The van der Waals surface area contributed by atoms with E-state index in [-0.39, 0.29) is 5.91 Å². The van der Waals surface area contributed by atoms with Gasteiger partial charge in [-0.05, 0) is 84.7 Å². The van der Waals surface area contributed by atoms with Crippen LogP contribution in [0.1, 0.15) is 32.1 Å². The van der Waals surface area contributed by atoms with Crippen LogP contribution in [0.4, 0.5) is 5.69 Å². The zero-order valence-electron chi connectivity index (χ0n) is 18.2. The minimum Gasteiger partial charge on any atom is -0.477 e. The predicted octanol–water partition coefficient (Wildman–Crippen LogP) is 6.13. The molecule has 0 spiro atoms. The summed E-state index contributed by atoms with van der Waals surface area (Å²) in [6.45, 7) is 0. The fourth-order valence-electron chi connectivity index (χ4n) is 4.20. The lowest BCUT2D eigenvalue weighted by Crippen LogP contribution is -2.49. The van der Waals surface area contributed by atoms with Gasteiger partial charge in [-0.2, -0.15) is 0 Å². The van der Waals surface area contributed by atoms with Crippen LogP contribution in [0.25, 0.3) is 21.8 Å². The quantitative estimate of drug-likeness (QED) is 0.335. The van der Waals surface area contributed by atoms with Crippen molar-refractivity contribution < 1.29 is 14.1 Å². The number of anilines is 1. The van der Waals surface area contributed by atoms with Crippen molar-refractivity contribution in [2.45, 2.75) is 37.7 Å². The van der Waals surface area contributed by atoms with E-state index in [0.717, 1.165) is 35.3 Å². The van der Waals surface area contributed by atoms with E-state index in [4.69, 9.17) is 16.3 Å². The van der Waals surface area contributed by atoms with Crippen LogP contribution in [0.5, 0.6) is 5.75 Å². The van der Waals surface area contributed by atoms with Crippen molar-refractivity contribution in [1.29, 1.82) is 0 Å². The third-order valence-corrected chi connectivity index (χ3v) is 7.12. The number of rotatable bonds is 6. The molecule has 0 radical (unpaired) electrons. The summed E-state index contributed by atoms with van der Waals surface area (Å²) in [4.78, 5) is 28.1. The Morgan fingerprint density at radius 3 is 2.62 bits per heavy atom. The fourth-order valence-corrected chi connectivity index (χ4v) is 5.17. The number of hydrogen-bond acceptors (Lipinski definition) is 6. The highest BCUT2D eigenvalue weighted by atomic mass is 35.5. The average molecular weight is 496 g/mol. The molecule has 7 nitrogen and oxygen atoms in total. The Kier molecular flexibility index (Phi) is 6.26. The van der Waals surface area contributed by atoms with Gasteiger partial charge >= 0.3 is 5.76 Å². The van der Waals surface area contributed by atoms with Crippen LogP contribution < -0.4 is 15.8 Å². The van der Waals surface area contributed by atoms with Crippen molar-refractivity contribution in [2.75, 3.05) is 5.32 Å². The van der Waals surface area contributed by atoms with E-state index in [2.05, 4.69) is 20.0 Å². The van der Waals surface area contributed by atoms with Crippen LogP contribution in [0.15, 0.2) is 69.3 Å². The Morgan fingerprint density at radius 1 is 1.09 bits per heavy atom. The number of hydrogen-bond donors (Lipinski definition) is 2. The molecule has 1 aliphatic rings. The van der Waals surface area contributed by atoms with Crippen LogP contribution in [-0.2, 0) is 4.79 Å². The number of nitrogens with one attached hydrogen (secondary N) is 2. The summed E-state index contributed by atoms with van der Waals surface area (Å²) in [7, 11) is 0. The summed E-state index contributed by atoms with van der Waals surface area (Å²) in [5.41, 5.74) is 1.65. The SMILES string of the molecule is O=C(Nc1cccc(-c2csc(-c3noc(=O)[nH]3)c2)c1)C1(Oc2ccc(Cl)cc2)CCCCC1. The number of aromatic nitrogens is 2. The summed E-state index contributed by atoms with van der Waals surface area (Å²) < 4.78 is 10.9. The second-order valence-corrected chi connectivity index (χ2v) is 9.64. The van der Waals surface area contributed by atoms with E-state index in [1.165, 1.54) is 11.3 Å². The molecule has 0 unspecified atom stereocenters. The van der Waals surface area contributed by atoms with E-state index < -0.39 is 11.4 Å². The average Bonchev–Trinajstić information content (AvgIpc) is 3.51. The number of benzene rings is 2. The zero-order chi connectivity index (χ0) is 23.5. The molecule has 2 heterocycles. The molecular formula is C25H22ClN3O4S. The molecule has 2 aromatic carbocycles. The topological polar surface area (TPSA) is 97.2 Å². The van der Waals surface area contributed by atoms with Crippen LogP contribution in [0, 0.1) is 0 Å². The van der Waals surface area contributed by atoms with Gasteiger partial charge in [0, 0.05) is 10.7 Å². The first kappa shape index (κ1) is 22.4. The van der Waals surface area contributed by atoms with Crippen LogP contribution in [0.2, 0.25) is 5.02 Å². The largest absolute Gasteiger partial charge is 0.477 e. The van der Waals surface area contributed by atoms with Crippen molar-refractivity contribution in [3.63, 3.8) is 0 Å². The van der Waals surface area contributed by atoms with E-state index >= 15 is 0 Å². The predicted molar refractivity (Wildman–Crippen MR) is 132 cm³/mol. The second-order valence-electron chi connectivity index (χ2n) is 8.29. The molecule has 2 aromatic heterocycles. The number of carbonyl (C=O) groups is 1. The van der Waals surface area contributed by atoms with Crippen molar-refractivity contribution in [3.8, 4) is 27.6 Å². The Bertz CT molecular complexity index is 1350. The summed E-state index contributed by atoms with van der Waals surface area (Å²) in [5, 5.41) is 9.40. The molecule has 5 rings (SSSR count). The molecule has 1 amide bonds. The maximum atomic E-state index is 13.5. The lowest BCUT2D eigenvalue weighted by atomic mass is 9.83. The molecule has 1 fully saturated rings. The van der Waals surface area contributed by atoms with Gasteiger partial charge in [0.05, 0.1) is 4.88 Å². The Hall–Kier alpha value is -3.36. The van der Waals surface area contributed by atoms with Gasteiger partial charge in [-0.1, -0.05) is 35.3 Å². The highest BCUT2D eigenvalue weighted by molar-refractivity contribution is 7.13. The number of amides is 1. The molecule has 4 aromatic rings. The third-order valence-electron chi connectivity index (χ3n) is 5.93. The molecule has 9 heteroatoms. The van der Waals surface area contributed by atoms with Crippen LogP contribution in [0.3, 0.4) is 0 Å². The number of ether oxygens (including phenoxy) is 1. The number of aromatic amines is 1. The maximum Gasteiger partial charge on any atom is 0.439 e. The smallest absolute Gasteiger partial charge is 0.439 e. The summed E-state index contributed by atoms with van der Waals surface area (Å²) >= 11 is 7.45. The van der Waals surface area contributed by atoms with Gasteiger partial charge in [-0.3, -0.25) is 14.3 Å². The van der Waals surface area contributed by atoms with Gasteiger partial charge < -0.3 is 10.1 Å². The number of H-pyrrole nitrogens is 1. The van der Waals surface area contributed by atoms with E-state index in [9.17, 15) is 9.59 Å². The molecule has 2 N–H and O–H groups in total.